The fraction of sp³-hybridized carbons (Fsp3) is 0.267. The molecule has 0 bridgehead atoms. The third-order valence-corrected chi connectivity index (χ3v) is 4.61. The number of amides is 1. The highest BCUT2D eigenvalue weighted by molar-refractivity contribution is 7.17. The lowest BCUT2D eigenvalue weighted by Gasteiger charge is -2.34. The molecule has 0 aromatic carbocycles. The molecule has 1 amide bonds. The van der Waals surface area contributed by atoms with Crippen LogP contribution in [-0.2, 0) is 4.79 Å². The molecule has 1 aliphatic rings. The van der Waals surface area contributed by atoms with E-state index in [0.29, 0.717) is 13.1 Å². The third kappa shape index (κ3) is 3.64. The minimum absolute atomic E-state index is 0.0261. The molecular formula is C15H15ClN4OS. The summed E-state index contributed by atoms with van der Waals surface area (Å²) in [5.41, 5.74) is 0. The average molecular weight is 335 g/mol. The fourth-order valence-electron chi connectivity index (χ4n) is 2.26. The van der Waals surface area contributed by atoms with Crippen LogP contribution in [0.4, 0.5) is 5.95 Å². The molecular weight excluding hydrogens is 320 g/mol. The van der Waals surface area contributed by atoms with Crippen LogP contribution in [0.5, 0.6) is 0 Å². The highest BCUT2D eigenvalue weighted by Gasteiger charge is 2.20. The summed E-state index contributed by atoms with van der Waals surface area (Å²) in [5.74, 6) is 0.747. The van der Waals surface area contributed by atoms with Gasteiger partial charge in [-0.1, -0.05) is 11.6 Å². The quantitative estimate of drug-likeness (QED) is 0.809. The molecule has 0 atom stereocenters. The van der Waals surface area contributed by atoms with Crippen LogP contribution in [0.25, 0.3) is 6.08 Å². The van der Waals surface area contributed by atoms with Gasteiger partial charge >= 0.3 is 0 Å². The average Bonchev–Trinajstić information content (AvgIpc) is 2.99. The van der Waals surface area contributed by atoms with Crippen LogP contribution in [-0.4, -0.2) is 47.0 Å². The maximum Gasteiger partial charge on any atom is 0.246 e. The molecule has 0 aliphatic carbocycles. The van der Waals surface area contributed by atoms with Gasteiger partial charge in [0.15, 0.2) is 0 Å². The normalized spacial score (nSPS) is 15.5. The van der Waals surface area contributed by atoms with Gasteiger partial charge < -0.3 is 9.80 Å². The summed E-state index contributed by atoms with van der Waals surface area (Å²) in [5, 5.41) is 0. The number of aromatic nitrogens is 2. The molecule has 2 aromatic rings. The van der Waals surface area contributed by atoms with Gasteiger partial charge in [-0.15, -0.1) is 11.3 Å². The molecule has 1 saturated heterocycles. The summed E-state index contributed by atoms with van der Waals surface area (Å²) in [6, 6.07) is 5.53. The molecule has 0 N–H and O–H groups in total. The summed E-state index contributed by atoms with van der Waals surface area (Å²) in [7, 11) is 0. The van der Waals surface area contributed by atoms with E-state index in [2.05, 4.69) is 14.9 Å². The first-order valence-corrected chi connectivity index (χ1v) is 8.16. The monoisotopic (exact) mass is 334 g/mol. The van der Waals surface area contributed by atoms with Gasteiger partial charge in [0.25, 0.3) is 0 Å². The summed E-state index contributed by atoms with van der Waals surface area (Å²) >= 11 is 7.33. The van der Waals surface area contributed by atoms with Crippen molar-refractivity contribution in [1.82, 2.24) is 14.9 Å². The lowest BCUT2D eigenvalue weighted by atomic mass is 10.3. The van der Waals surface area contributed by atoms with E-state index in [1.165, 1.54) is 11.3 Å². The van der Waals surface area contributed by atoms with E-state index in [-0.39, 0.29) is 5.91 Å². The topological polar surface area (TPSA) is 49.3 Å². The molecule has 1 aliphatic heterocycles. The highest BCUT2D eigenvalue weighted by Crippen LogP contribution is 2.22. The summed E-state index contributed by atoms with van der Waals surface area (Å²) in [6.45, 7) is 2.84. The molecule has 0 saturated carbocycles. The van der Waals surface area contributed by atoms with Crippen molar-refractivity contribution in [2.45, 2.75) is 0 Å². The first-order chi connectivity index (χ1) is 10.7. The Balaban J connectivity index is 1.55. The second-order valence-electron chi connectivity index (χ2n) is 4.84. The van der Waals surface area contributed by atoms with Crippen molar-refractivity contribution < 1.29 is 4.79 Å². The van der Waals surface area contributed by atoms with Crippen LogP contribution >= 0.6 is 22.9 Å². The van der Waals surface area contributed by atoms with Gasteiger partial charge in [-0.05, 0) is 24.3 Å². The van der Waals surface area contributed by atoms with Crippen molar-refractivity contribution in [2.24, 2.45) is 0 Å². The zero-order valence-electron chi connectivity index (χ0n) is 11.9. The van der Waals surface area contributed by atoms with Crippen LogP contribution < -0.4 is 4.90 Å². The van der Waals surface area contributed by atoms with Gasteiger partial charge in [0.2, 0.25) is 11.9 Å². The summed E-state index contributed by atoms with van der Waals surface area (Å²) in [4.78, 5) is 25.6. The first-order valence-electron chi connectivity index (χ1n) is 6.97. The Kier molecular flexibility index (Phi) is 4.70. The number of hydrogen-bond acceptors (Lipinski definition) is 5. The van der Waals surface area contributed by atoms with Crippen LogP contribution in [0.3, 0.4) is 0 Å². The number of carbonyl (C=O) groups excluding carboxylic acids is 1. The fourth-order valence-corrected chi connectivity index (χ4v) is 3.22. The minimum Gasteiger partial charge on any atom is -0.337 e. The number of carbonyl (C=O) groups is 1. The van der Waals surface area contributed by atoms with E-state index in [9.17, 15) is 4.79 Å². The van der Waals surface area contributed by atoms with Crippen molar-refractivity contribution >= 4 is 40.9 Å². The minimum atomic E-state index is 0.0261. The van der Waals surface area contributed by atoms with Gasteiger partial charge in [-0.3, -0.25) is 4.79 Å². The predicted octanol–water partition coefficient (Wildman–Crippen LogP) is 2.55. The van der Waals surface area contributed by atoms with E-state index in [4.69, 9.17) is 11.6 Å². The molecule has 22 heavy (non-hydrogen) atoms. The number of anilines is 1. The highest BCUT2D eigenvalue weighted by atomic mass is 35.5. The maximum absolute atomic E-state index is 12.2. The molecule has 0 unspecified atom stereocenters. The van der Waals surface area contributed by atoms with E-state index in [1.54, 1.807) is 24.5 Å². The standard InChI is InChI=1S/C15H15ClN4OS/c16-13-4-2-12(22-13)3-5-14(21)19-8-10-20(11-9-19)15-17-6-1-7-18-15/h1-7H,8-11H2. The van der Waals surface area contributed by atoms with Gasteiger partial charge in [0, 0.05) is 49.5 Å². The SMILES string of the molecule is O=C(C=Cc1ccc(Cl)s1)N1CCN(c2ncccn2)CC1. The van der Waals surface area contributed by atoms with Crippen LogP contribution in [0, 0.1) is 0 Å². The van der Waals surface area contributed by atoms with Crippen LogP contribution in [0.15, 0.2) is 36.7 Å². The van der Waals surface area contributed by atoms with Crippen molar-refractivity contribution in [3.8, 4) is 0 Å². The predicted molar refractivity (Wildman–Crippen MR) is 89.2 cm³/mol. The Morgan fingerprint density at radius 1 is 1.18 bits per heavy atom. The smallest absolute Gasteiger partial charge is 0.246 e. The Labute approximate surface area is 137 Å². The van der Waals surface area contributed by atoms with Gasteiger partial charge in [-0.2, -0.15) is 0 Å². The van der Waals surface area contributed by atoms with Crippen molar-refractivity contribution in [3.05, 3.63) is 45.9 Å². The molecule has 3 heterocycles. The molecule has 0 radical (unpaired) electrons. The number of halogens is 1. The van der Waals surface area contributed by atoms with Gasteiger partial charge in [-0.25, -0.2) is 9.97 Å². The van der Waals surface area contributed by atoms with Gasteiger partial charge in [0.1, 0.15) is 0 Å². The Hall–Kier alpha value is -1.92. The van der Waals surface area contributed by atoms with Crippen LogP contribution in [0.1, 0.15) is 4.88 Å². The number of piperazine rings is 1. The third-order valence-electron chi connectivity index (χ3n) is 3.41. The summed E-state index contributed by atoms with van der Waals surface area (Å²) in [6.07, 6.45) is 6.88. The number of rotatable bonds is 3. The zero-order chi connectivity index (χ0) is 15.4. The van der Waals surface area contributed by atoms with E-state index < -0.39 is 0 Å². The first kappa shape index (κ1) is 15.0. The van der Waals surface area contributed by atoms with Crippen molar-refractivity contribution in [2.75, 3.05) is 31.1 Å². The van der Waals surface area contributed by atoms with E-state index in [0.717, 1.165) is 28.3 Å². The van der Waals surface area contributed by atoms with Gasteiger partial charge in [0.05, 0.1) is 4.34 Å². The van der Waals surface area contributed by atoms with E-state index in [1.807, 2.05) is 23.1 Å². The molecule has 3 rings (SSSR count). The Morgan fingerprint density at radius 3 is 2.55 bits per heavy atom. The Morgan fingerprint density at radius 2 is 1.91 bits per heavy atom. The van der Waals surface area contributed by atoms with E-state index >= 15 is 0 Å². The molecule has 5 nitrogen and oxygen atoms in total. The molecule has 2 aromatic heterocycles. The lowest BCUT2D eigenvalue weighted by molar-refractivity contribution is -0.126. The number of hydrogen-bond donors (Lipinski definition) is 0. The number of thiophene rings is 1. The molecule has 1 fully saturated rings. The largest absolute Gasteiger partial charge is 0.337 e. The van der Waals surface area contributed by atoms with Crippen LogP contribution in [0.2, 0.25) is 4.34 Å². The second-order valence-corrected chi connectivity index (χ2v) is 6.58. The zero-order valence-corrected chi connectivity index (χ0v) is 13.4. The Bertz CT molecular complexity index is 665. The summed E-state index contributed by atoms with van der Waals surface area (Å²) < 4.78 is 0.726. The van der Waals surface area contributed by atoms with Crippen molar-refractivity contribution in [3.63, 3.8) is 0 Å². The molecule has 114 valence electrons. The molecule has 0 spiro atoms. The lowest BCUT2D eigenvalue weighted by Crippen LogP contribution is -2.48. The molecule has 7 heteroatoms. The maximum atomic E-state index is 12.2. The van der Waals surface area contributed by atoms with Crippen molar-refractivity contribution in [1.29, 1.82) is 0 Å². The second kappa shape index (κ2) is 6.89. The number of nitrogens with zero attached hydrogens (tertiary/aromatic N) is 4.